The summed E-state index contributed by atoms with van der Waals surface area (Å²) in [5.74, 6) is 0.859. The summed E-state index contributed by atoms with van der Waals surface area (Å²) in [7, 11) is 0. The molecule has 2 aromatic carbocycles. The van der Waals surface area contributed by atoms with Gasteiger partial charge in [-0.25, -0.2) is 0 Å². The molecule has 0 unspecified atom stereocenters. The van der Waals surface area contributed by atoms with Crippen LogP contribution in [0.5, 0.6) is 5.75 Å². The summed E-state index contributed by atoms with van der Waals surface area (Å²) in [5.41, 5.74) is 3.77. The van der Waals surface area contributed by atoms with E-state index in [2.05, 4.69) is 84.8 Å². The number of benzene rings is 2. The van der Waals surface area contributed by atoms with Gasteiger partial charge < -0.3 is 15.0 Å². The fraction of sp³-hybridized carbons (Fsp3) is 0.300. The second-order valence-corrected chi connectivity index (χ2v) is 8.05. The molecule has 25 heavy (non-hydrogen) atoms. The van der Waals surface area contributed by atoms with Gasteiger partial charge in [0.25, 0.3) is 0 Å². The molecule has 0 atom stereocenters. The van der Waals surface area contributed by atoms with E-state index >= 15 is 0 Å². The van der Waals surface area contributed by atoms with Crippen LogP contribution in [0.15, 0.2) is 51.5 Å². The van der Waals surface area contributed by atoms with Crippen molar-refractivity contribution in [3.05, 3.63) is 62.7 Å². The minimum absolute atomic E-state index is 0.146. The molecule has 0 aliphatic heterocycles. The summed E-state index contributed by atoms with van der Waals surface area (Å²) < 4.78 is 7.78. The van der Waals surface area contributed by atoms with Gasteiger partial charge in [-0.05, 0) is 88.0 Å². The molecular formula is C20H22Br2N2O. The van der Waals surface area contributed by atoms with E-state index in [1.165, 1.54) is 22.0 Å². The lowest BCUT2D eigenvalue weighted by Gasteiger charge is -2.15. The molecule has 0 fully saturated rings. The average Bonchev–Trinajstić information content (AvgIpc) is 2.98. The van der Waals surface area contributed by atoms with Crippen molar-refractivity contribution >= 4 is 42.8 Å². The Morgan fingerprint density at radius 2 is 1.84 bits per heavy atom. The van der Waals surface area contributed by atoms with Crippen LogP contribution in [0.1, 0.15) is 25.0 Å². The third-order valence-corrected chi connectivity index (χ3v) is 5.16. The molecule has 1 aromatic heterocycles. The molecule has 0 spiro atoms. The maximum absolute atomic E-state index is 5.83. The van der Waals surface area contributed by atoms with Crippen molar-refractivity contribution < 1.29 is 4.74 Å². The Bertz CT molecular complexity index is 835. The lowest BCUT2D eigenvalue weighted by molar-refractivity contribution is 0.239. The number of hydrogen-bond acceptors (Lipinski definition) is 2. The zero-order valence-corrected chi connectivity index (χ0v) is 17.6. The van der Waals surface area contributed by atoms with Crippen LogP contribution < -0.4 is 10.1 Å². The molecule has 0 saturated heterocycles. The standard InChI is InChI=1S/C20H22Br2N2O/c1-13(2)25-20-17(21)9-14(10-18(20)22)11-23-8-7-15-12-24-19-6-4-3-5-16(15)19/h3-6,9-10,12-13,23-24H,7-8,11H2,1-2H3. The molecule has 0 aliphatic rings. The number of hydrogen-bond donors (Lipinski definition) is 2. The molecule has 3 rings (SSSR count). The third-order valence-electron chi connectivity index (χ3n) is 3.99. The van der Waals surface area contributed by atoms with Crippen molar-refractivity contribution in [2.24, 2.45) is 0 Å². The average molecular weight is 466 g/mol. The van der Waals surface area contributed by atoms with Crippen LogP contribution in [0, 0.1) is 0 Å². The van der Waals surface area contributed by atoms with Gasteiger partial charge in [0.15, 0.2) is 0 Å². The van der Waals surface area contributed by atoms with Crippen molar-refractivity contribution in [2.75, 3.05) is 6.54 Å². The van der Waals surface area contributed by atoms with E-state index in [0.29, 0.717) is 0 Å². The molecule has 0 saturated carbocycles. The zero-order valence-electron chi connectivity index (χ0n) is 14.4. The molecular weight excluding hydrogens is 444 g/mol. The van der Waals surface area contributed by atoms with Crippen LogP contribution >= 0.6 is 31.9 Å². The normalized spacial score (nSPS) is 11.4. The maximum atomic E-state index is 5.83. The summed E-state index contributed by atoms with van der Waals surface area (Å²) in [5, 5.41) is 4.83. The van der Waals surface area contributed by atoms with Crippen molar-refractivity contribution in [3.8, 4) is 5.75 Å². The Morgan fingerprint density at radius 3 is 2.56 bits per heavy atom. The van der Waals surface area contributed by atoms with Crippen LogP contribution in [0.4, 0.5) is 0 Å². The second-order valence-electron chi connectivity index (χ2n) is 6.34. The number of aromatic amines is 1. The minimum atomic E-state index is 0.146. The van der Waals surface area contributed by atoms with Crippen molar-refractivity contribution in [1.82, 2.24) is 10.3 Å². The number of para-hydroxylation sites is 1. The van der Waals surface area contributed by atoms with Gasteiger partial charge in [0.1, 0.15) is 5.75 Å². The summed E-state index contributed by atoms with van der Waals surface area (Å²) in [6.07, 6.45) is 3.26. The first-order valence-electron chi connectivity index (χ1n) is 8.45. The maximum Gasteiger partial charge on any atom is 0.148 e. The Hall–Kier alpha value is -1.30. The third kappa shape index (κ3) is 4.66. The Balaban J connectivity index is 1.57. The summed E-state index contributed by atoms with van der Waals surface area (Å²) in [6, 6.07) is 12.7. The summed E-state index contributed by atoms with van der Waals surface area (Å²) >= 11 is 7.21. The highest BCUT2D eigenvalue weighted by molar-refractivity contribution is 9.11. The fourth-order valence-corrected chi connectivity index (χ4v) is 4.33. The molecule has 0 amide bonds. The Kier molecular flexibility index (Phi) is 6.20. The van der Waals surface area contributed by atoms with E-state index in [-0.39, 0.29) is 6.10 Å². The van der Waals surface area contributed by atoms with Crippen LogP contribution in [0.2, 0.25) is 0 Å². The number of halogens is 2. The topological polar surface area (TPSA) is 37.0 Å². The summed E-state index contributed by atoms with van der Waals surface area (Å²) in [4.78, 5) is 3.33. The molecule has 1 heterocycles. The summed E-state index contributed by atoms with van der Waals surface area (Å²) in [6.45, 7) is 5.81. The minimum Gasteiger partial charge on any atom is -0.489 e. The van der Waals surface area contributed by atoms with Crippen molar-refractivity contribution in [3.63, 3.8) is 0 Å². The lowest BCUT2D eigenvalue weighted by atomic mass is 10.1. The molecule has 3 aromatic rings. The smallest absolute Gasteiger partial charge is 0.148 e. The Morgan fingerprint density at radius 1 is 1.12 bits per heavy atom. The highest BCUT2D eigenvalue weighted by atomic mass is 79.9. The molecule has 0 bridgehead atoms. The predicted molar refractivity (Wildman–Crippen MR) is 111 cm³/mol. The highest BCUT2D eigenvalue weighted by Gasteiger charge is 2.10. The molecule has 3 nitrogen and oxygen atoms in total. The number of rotatable bonds is 7. The van der Waals surface area contributed by atoms with Gasteiger partial charge in [-0.15, -0.1) is 0 Å². The van der Waals surface area contributed by atoms with E-state index in [1.54, 1.807) is 0 Å². The monoisotopic (exact) mass is 464 g/mol. The van der Waals surface area contributed by atoms with Crippen LogP contribution in [0.3, 0.4) is 0 Å². The van der Waals surface area contributed by atoms with Crippen LogP contribution in [-0.4, -0.2) is 17.6 Å². The number of ether oxygens (including phenoxy) is 1. The van der Waals surface area contributed by atoms with Gasteiger partial charge in [-0.3, -0.25) is 0 Å². The molecule has 0 aliphatic carbocycles. The first-order chi connectivity index (χ1) is 12.0. The predicted octanol–water partition coefficient (Wildman–Crippen LogP) is 5.81. The van der Waals surface area contributed by atoms with Gasteiger partial charge in [-0.2, -0.15) is 0 Å². The molecule has 2 N–H and O–H groups in total. The van der Waals surface area contributed by atoms with Gasteiger partial charge in [0.2, 0.25) is 0 Å². The van der Waals surface area contributed by atoms with E-state index in [0.717, 1.165) is 34.2 Å². The van der Waals surface area contributed by atoms with Crippen LogP contribution in [0.25, 0.3) is 10.9 Å². The zero-order chi connectivity index (χ0) is 17.8. The van der Waals surface area contributed by atoms with E-state index in [9.17, 15) is 0 Å². The SMILES string of the molecule is CC(C)Oc1c(Br)cc(CNCCc2c[nH]c3ccccc23)cc1Br. The van der Waals surface area contributed by atoms with Gasteiger partial charge >= 0.3 is 0 Å². The number of nitrogens with one attached hydrogen (secondary N) is 2. The second kappa shape index (κ2) is 8.39. The van der Waals surface area contributed by atoms with E-state index in [1.807, 2.05) is 13.8 Å². The fourth-order valence-electron chi connectivity index (χ4n) is 2.86. The highest BCUT2D eigenvalue weighted by Crippen LogP contribution is 2.35. The van der Waals surface area contributed by atoms with Crippen molar-refractivity contribution in [2.45, 2.75) is 32.9 Å². The quantitative estimate of drug-likeness (QED) is 0.432. The number of H-pyrrole nitrogens is 1. The van der Waals surface area contributed by atoms with Crippen molar-refractivity contribution in [1.29, 1.82) is 0 Å². The van der Waals surface area contributed by atoms with E-state index in [4.69, 9.17) is 4.74 Å². The van der Waals surface area contributed by atoms with E-state index < -0.39 is 0 Å². The number of fused-ring (bicyclic) bond motifs is 1. The van der Waals surface area contributed by atoms with Gasteiger partial charge in [-0.1, -0.05) is 18.2 Å². The van der Waals surface area contributed by atoms with Crippen LogP contribution in [-0.2, 0) is 13.0 Å². The number of aromatic nitrogens is 1. The first kappa shape index (κ1) is 18.5. The molecule has 132 valence electrons. The van der Waals surface area contributed by atoms with Gasteiger partial charge in [0, 0.05) is 23.6 Å². The Labute approximate surface area is 165 Å². The van der Waals surface area contributed by atoms with Gasteiger partial charge in [0.05, 0.1) is 15.0 Å². The largest absolute Gasteiger partial charge is 0.489 e. The lowest BCUT2D eigenvalue weighted by Crippen LogP contribution is -2.16. The molecule has 5 heteroatoms. The first-order valence-corrected chi connectivity index (χ1v) is 10.0. The molecule has 0 radical (unpaired) electrons.